The molecule has 1 aliphatic heterocycles. The van der Waals surface area contributed by atoms with Gasteiger partial charge in [-0.1, -0.05) is 5.92 Å². The molecule has 0 bridgehead atoms. The maximum Gasteiger partial charge on any atom is 0.138 e. The fraction of sp³-hybridized carbons (Fsp3) is 0.333. The third-order valence-electron chi connectivity index (χ3n) is 2.95. The highest BCUT2D eigenvalue weighted by molar-refractivity contribution is 14.1. The second-order valence-corrected chi connectivity index (χ2v) is 5.26. The molecule has 0 amide bonds. The van der Waals surface area contributed by atoms with Gasteiger partial charge in [0.2, 0.25) is 0 Å². The fourth-order valence-corrected chi connectivity index (χ4v) is 2.72. The average molecular weight is 340 g/mol. The normalized spacial score (nSPS) is 24.1. The second-order valence-electron chi connectivity index (χ2n) is 4.10. The zero-order valence-electron chi connectivity index (χ0n) is 9.28. The van der Waals surface area contributed by atoms with E-state index in [1.807, 2.05) is 11.1 Å². The van der Waals surface area contributed by atoms with Gasteiger partial charge in [-0.05, 0) is 48.1 Å². The number of hydrogen-bond acceptors (Lipinski definition) is 3. The van der Waals surface area contributed by atoms with E-state index in [9.17, 15) is 0 Å². The number of nitrogens with one attached hydrogen (secondary N) is 1. The summed E-state index contributed by atoms with van der Waals surface area (Å²) in [5.74, 6) is 3.87. The summed E-state index contributed by atoms with van der Waals surface area (Å²) in [6, 6.07) is -0.0395. The number of aliphatic imine (C=N–C) groups is 1. The van der Waals surface area contributed by atoms with Crippen molar-refractivity contribution in [3.8, 4) is 12.3 Å². The van der Waals surface area contributed by atoms with Crippen LogP contribution in [0, 0.1) is 23.7 Å². The molecular weight excluding hydrogens is 327 g/mol. The van der Waals surface area contributed by atoms with Crippen molar-refractivity contribution in [2.45, 2.75) is 18.9 Å². The van der Waals surface area contributed by atoms with Gasteiger partial charge in [-0.2, -0.15) is 0 Å². The van der Waals surface area contributed by atoms with E-state index in [0.29, 0.717) is 17.3 Å². The molecule has 2 aliphatic rings. The first-order chi connectivity index (χ1) is 8.10. The minimum atomic E-state index is -0.0395. The zero-order valence-corrected chi connectivity index (χ0v) is 11.4. The highest BCUT2D eigenvalue weighted by Crippen LogP contribution is 2.39. The van der Waals surface area contributed by atoms with E-state index in [1.54, 1.807) is 0 Å². The minimum absolute atomic E-state index is 0.0395. The van der Waals surface area contributed by atoms with Gasteiger partial charge >= 0.3 is 0 Å². The van der Waals surface area contributed by atoms with Crippen LogP contribution in [-0.4, -0.2) is 23.5 Å². The molecule has 0 aromatic heterocycles. The number of nitrogens with zero attached hydrogens (tertiary/aromatic N) is 2. The van der Waals surface area contributed by atoms with Crippen LogP contribution in [0.1, 0.15) is 12.8 Å². The molecule has 3 N–H and O–H groups in total. The third-order valence-corrected chi connectivity index (χ3v) is 3.77. The Hall–Kier alpha value is -1.29. The molecule has 0 aromatic carbocycles. The highest BCUT2D eigenvalue weighted by Gasteiger charge is 2.38. The van der Waals surface area contributed by atoms with Crippen molar-refractivity contribution in [3.63, 3.8) is 0 Å². The lowest BCUT2D eigenvalue weighted by molar-refractivity contribution is 0.442. The summed E-state index contributed by atoms with van der Waals surface area (Å²) in [6.07, 6.45) is 9.70. The van der Waals surface area contributed by atoms with Gasteiger partial charge in [-0.3, -0.25) is 5.41 Å². The Morgan fingerprint density at radius 3 is 2.88 bits per heavy atom. The summed E-state index contributed by atoms with van der Waals surface area (Å²) in [5, 5.41) is 8.13. The van der Waals surface area contributed by atoms with Crippen LogP contribution in [0.5, 0.6) is 0 Å². The van der Waals surface area contributed by atoms with Crippen LogP contribution in [-0.2, 0) is 0 Å². The Labute approximate surface area is 114 Å². The summed E-state index contributed by atoms with van der Waals surface area (Å²) in [7, 11) is 0. The smallest absolute Gasteiger partial charge is 0.138 e. The van der Waals surface area contributed by atoms with Gasteiger partial charge in [-0.15, -0.1) is 6.42 Å². The Kier molecular flexibility index (Phi) is 3.24. The molecule has 0 saturated heterocycles. The Balaban J connectivity index is 2.33. The van der Waals surface area contributed by atoms with Crippen LogP contribution < -0.4 is 5.73 Å². The molecular formula is C12H13IN4. The maximum absolute atomic E-state index is 8.13. The molecule has 17 heavy (non-hydrogen) atoms. The van der Waals surface area contributed by atoms with Crippen LogP contribution in [0.3, 0.4) is 0 Å². The number of amidine groups is 1. The highest BCUT2D eigenvalue weighted by atomic mass is 127. The first-order valence-electron chi connectivity index (χ1n) is 5.27. The topological polar surface area (TPSA) is 65.5 Å². The van der Waals surface area contributed by atoms with Gasteiger partial charge in [-0.25, -0.2) is 4.99 Å². The van der Waals surface area contributed by atoms with Crippen molar-refractivity contribution >= 4 is 35.1 Å². The molecule has 2 rings (SSSR count). The second kappa shape index (κ2) is 4.53. The number of terminal acetylenes is 1. The van der Waals surface area contributed by atoms with Gasteiger partial charge in [0, 0.05) is 9.78 Å². The molecule has 4 nitrogen and oxygen atoms in total. The fourth-order valence-electron chi connectivity index (χ4n) is 1.89. The van der Waals surface area contributed by atoms with Gasteiger partial charge in [0.15, 0.2) is 0 Å². The van der Waals surface area contributed by atoms with E-state index in [4.69, 9.17) is 17.6 Å². The largest absolute Gasteiger partial charge is 0.383 e. The van der Waals surface area contributed by atoms with Crippen LogP contribution in [0.4, 0.5) is 0 Å². The number of halogens is 1. The zero-order chi connectivity index (χ0) is 12.6. The molecule has 5 heteroatoms. The number of nitrogens with two attached hydrogens (primary N) is 1. The number of hydrogen-bond donors (Lipinski definition) is 2. The lowest BCUT2D eigenvalue weighted by atomic mass is 10.1. The molecule has 0 radical (unpaired) electrons. The Bertz CT molecular complexity index is 479. The molecule has 1 aliphatic carbocycles. The van der Waals surface area contributed by atoms with Crippen LogP contribution in [0.2, 0.25) is 0 Å². The van der Waals surface area contributed by atoms with Crippen molar-refractivity contribution in [2.24, 2.45) is 16.6 Å². The van der Waals surface area contributed by atoms with Gasteiger partial charge < -0.3 is 10.6 Å². The van der Waals surface area contributed by atoms with E-state index in [2.05, 4.69) is 40.2 Å². The SMILES string of the molecule is C#CC(C1CC1)N1C=C(I)/C(=C(\N)N=C)C1=N. The molecule has 1 heterocycles. The van der Waals surface area contributed by atoms with Crippen molar-refractivity contribution in [1.29, 1.82) is 5.41 Å². The minimum Gasteiger partial charge on any atom is -0.383 e. The average Bonchev–Trinajstić information content (AvgIpc) is 3.08. The molecule has 1 unspecified atom stereocenters. The molecule has 0 aromatic rings. The first kappa shape index (κ1) is 12.2. The van der Waals surface area contributed by atoms with Crippen molar-refractivity contribution in [2.75, 3.05) is 0 Å². The standard InChI is InChI=1S/C12H13IN4/c1-3-9(7-4-5-7)17-6-8(13)10(12(17)15)11(14)16-2/h1,6-7,9,15H,2,4-5,14H2/b11-10-,15-12?. The van der Waals surface area contributed by atoms with Gasteiger partial charge in [0.05, 0.1) is 11.6 Å². The Morgan fingerprint density at radius 2 is 2.41 bits per heavy atom. The van der Waals surface area contributed by atoms with E-state index in [1.165, 1.54) is 0 Å². The summed E-state index contributed by atoms with van der Waals surface area (Å²) >= 11 is 2.14. The predicted octanol–water partition coefficient (Wildman–Crippen LogP) is 1.84. The van der Waals surface area contributed by atoms with Gasteiger partial charge in [0.1, 0.15) is 11.7 Å². The van der Waals surface area contributed by atoms with E-state index < -0.39 is 0 Å². The van der Waals surface area contributed by atoms with Crippen molar-refractivity contribution in [3.05, 3.63) is 21.2 Å². The summed E-state index contributed by atoms with van der Waals surface area (Å²) in [4.78, 5) is 5.51. The Morgan fingerprint density at radius 1 is 1.76 bits per heavy atom. The van der Waals surface area contributed by atoms with E-state index in [-0.39, 0.29) is 11.9 Å². The van der Waals surface area contributed by atoms with Crippen molar-refractivity contribution < 1.29 is 0 Å². The quantitative estimate of drug-likeness (QED) is 0.468. The molecule has 0 spiro atoms. The van der Waals surface area contributed by atoms with E-state index in [0.717, 1.165) is 16.4 Å². The lowest BCUT2D eigenvalue weighted by Crippen LogP contribution is -2.34. The van der Waals surface area contributed by atoms with Crippen molar-refractivity contribution in [1.82, 2.24) is 4.90 Å². The summed E-state index contributed by atoms with van der Waals surface area (Å²) in [5.41, 5.74) is 6.37. The third kappa shape index (κ3) is 2.09. The van der Waals surface area contributed by atoms with Crippen LogP contribution in [0.25, 0.3) is 0 Å². The summed E-state index contributed by atoms with van der Waals surface area (Å²) in [6.45, 7) is 3.39. The van der Waals surface area contributed by atoms with Crippen LogP contribution >= 0.6 is 22.6 Å². The summed E-state index contributed by atoms with van der Waals surface area (Å²) < 4.78 is 0.887. The molecule has 1 atom stereocenters. The molecule has 88 valence electrons. The first-order valence-corrected chi connectivity index (χ1v) is 6.35. The number of rotatable bonds is 3. The molecule has 1 saturated carbocycles. The monoisotopic (exact) mass is 340 g/mol. The van der Waals surface area contributed by atoms with Gasteiger partial charge in [0.25, 0.3) is 0 Å². The maximum atomic E-state index is 8.13. The predicted molar refractivity (Wildman–Crippen MR) is 77.8 cm³/mol. The van der Waals surface area contributed by atoms with E-state index >= 15 is 0 Å². The van der Waals surface area contributed by atoms with Crippen LogP contribution in [0.15, 0.2) is 26.2 Å². The molecule has 1 fully saturated rings. The lowest BCUT2D eigenvalue weighted by Gasteiger charge is -2.23.